The Hall–Kier alpha value is -2.37. The van der Waals surface area contributed by atoms with Crippen LogP contribution in [0.15, 0.2) is 43.0 Å². The number of carbonyl (C=O) groups excluding carboxylic acids is 1. The van der Waals surface area contributed by atoms with Crippen LogP contribution in [0, 0.1) is 5.92 Å². The molecule has 1 amide bonds. The molecule has 1 saturated heterocycles. The Labute approximate surface area is 130 Å². The van der Waals surface area contributed by atoms with Crippen molar-refractivity contribution >= 4 is 11.6 Å². The molecule has 0 atom stereocenters. The van der Waals surface area contributed by atoms with Crippen molar-refractivity contribution in [2.75, 3.05) is 24.5 Å². The van der Waals surface area contributed by atoms with Crippen molar-refractivity contribution in [2.24, 2.45) is 5.92 Å². The van der Waals surface area contributed by atoms with Gasteiger partial charge in [-0.3, -0.25) is 14.5 Å². The summed E-state index contributed by atoms with van der Waals surface area (Å²) >= 11 is 0. The number of aromatic nitrogens is 3. The van der Waals surface area contributed by atoms with Crippen LogP contribution in [0.25, 0.3) is 0 Å². The van der Waals surface area contributed by atoms with E-state index < -0.39 is 0 Å². The molecule has 1 N–H and O–H groups in total. The molecule has 0 aromatic carbocycles. The van der Waals surface area contributed by atoms with Crippen LogP contribution >= 0.6 is 0 Å². The zero-order chi connectivity index (χ0) is 15.2. The zero-order valence-electron chi connectivity index (χ0n) is 12.6. The topological polar surface area (TPSA) is 63.1 Å². The van der Waals surface area contributed by atoms with Gasteiger partial charge >= 0.3 is 0 Å². The lowest BCUT2D eigenvalue weighted by molar-refractivity contribution is -0.122. The van der Waals surface area contributed by atoms with Crippen LogP contribution in [0.3, 0.4) is 0 Å². The van der Waals surface area contributed by atoms with Crippen LogP contribution < -0.4 is 10.2 Å². The average Bonchev–Trinajstić information content (AvgIpc) is 3.07. The number of nitrogens with one attached hydrogen (secondary N) is 1. The molecule has 1 aliphatic rings. The number of carbonyl (C=O) groups is 1. The monoisotopic (exact) mass is 299 g/mol. The summed E-state index contributed by atoms with van der Waals surface area (Å²) < 4.78 is 1.64. The lowest BCUT2D eigenvalue weighted by atomic mass is 9.96. The van der Waals surface area contributed by atoms with Gasteiger partial charge in [0.1, 0.15) is 6.54 Å². The van der Waals surface area contributed by atoms with E-state index in [0.29, 0.717) is 12.5 Å². The van der Waals surface area contributed by atoms with Gasteiger partial charge in [-0.05, 0) is 37.0 Å². The standard InChI is InChI=1S/C16H21N5O/c22-16(13-21-9-1-6-19-21)18-12-14-4-10-20(11-5-14)15-2-7-17-8-3-15/h1-3,6-9,14H,4-5,10-13H2,(H,18,22). The second-order valence-corrected chi connectivity index (χ2v) is 5.64. The number of anilines is 1. The molecule has 1 fully saturated rings. The van der Waals surface area contributed by atoms with E-state index in [1.54, 1.807) is 17.1 Å². The Kier molecular flexibility index (Phi) is 4.68. The molecule has 0 aliphatic carbocycles. The van der Waals surface area contributed by atoms with Gasteiger partial charge in [0.2, 0.25) is 5.91 Å². The first-order chi connectivity index (χ1) is 10.8. The second-order valence-electron chi connectivity index (χ2n) is 5.64. The van der Waals surface area contributed by atoms with Crippen molar-refractivity contribution in [3.8, 4) is 0 Å². The molecule has 2 aromatic heterocycles. The molecule has 1 aliphatic heterocycles. The normalized spacial score (nSPS) is 15.7. The van der Waals surface area contributed by atoms with Crippen molar-refractivity contribution < 1.29 is 4.79 Å². The molecule has 0 spiro atoms. The van der Waals surface area contributed by atoms with Crippen molar-refractivity contribution in [2.45, 2.75) is 19.4 Å². The smallest absolute Gasteiger partial charge is 0.241 e. The molecule has 0 unspecified atom stereocenters. The highest BCUT2D eigenvalue weighted by Gasteiger charge is 2.19. The van der Waals surface area contributed by atoms with E-state index in [9.17, 15) is 4.79 Å². The third kappa shape index (κ3) is 3.84. The van der Waals surface area contributed by atoms with Crippen LogP contribution in [-0.4, -0.2) is 40.3 Å². The molecule has 6 nitrogen and oxygen atoms in total. The van der Waals surface area contributed by atoms with Gasteiger partial charge in [0.15, 0.2) is 0 Å². The number of pyridine rings is 1. The Balaban J connectivity index is 1.40. The molecular formula is C16H21N5O. The Morgan fingerprint density at radius 3 is 2.68 bits per heavy atom. The molecule has 3 heterocycles. The predicted molar refractivity (Wildman–Crippen MR) is 84.4 cm³/mol. The summed E-state index contributed by atoms with van der Waals surface area (Å²) in [6.45, 7) is 3.11. The summed E-state index contributed by atoms with van der Waals surface area (Å²) in [5, 5.41) is 7.06. The third-order valence-corrected chi connectivity index (χ3v) is 4.10. The molecule has 0 radical (unpaired) electrons. The highest BCUT2D eigenvalue weighted by atomic mass is 16.2. The largest absolute Gasteiger partial charge is 0.371 e. The minimum absolute atomic E-state index is 0.0280. The summed E-state index contributed by atoms with van der Waals surface area (Å²) in [5.41, 5.74) is 1.23. The van der Waals surface area contributed by atoms with Gasteiger partial charge in [-0.1, -0.05) is 0 Å². The number of hydrogen-bond donors (Lipinski definition) is 1. The van der Waals surface area contributed by atoms with Gasteiger partial charge in [0, 0.05) is 50.1 Å². The lowest BCUT2D eigenvalue weighted by Crippen LogP contribution is -2.39. The number of nitrogens with zero attached hydrogens (tertiary/aromatic N) is 4. The third-order valence-electron chi connectivity index (χ3n) is 4.10. The summed E-state index contributed by atoms with van der Waals surface area (Å²) in [7, 11) is 0. The zero-order valence-corrected chi connectivity index (χ0v) is 12.6. The maximum Gasteiger partial charge on any atom is 0.241 e. The van der Waals surface area contributed by atoms with E-state index in [4.69, 9.17) is 0 Å². The van der Waals surface area contributed by atoms with E-state index >= 15 is 0 Å². The van der Waals surface area contributed by atoms with Gasteiger partial charge in [-0.2, -0.15) is 5.10 Å². The van der Waals surface area contributed by atoms with Crippen molar-refractivity contribution in [1.82, 2.24) is 20.1 Å². The van der Waals surface area contributed by atoms with E-state index in [2.05, 4.69) is 20.3 Å². The molecule has 116 valence electrons. The number of rotatable bonds is 5. The van der Waals surface area contributed by atoms with Crippen LogP contribution in [0.4, 0.5) is 5.69 Å². The van der Waals surface area contributed by atoms with E-state index in [1.807, 2.05) is 30.6 Å². The predicted octanol–water partition coefficient (Wildman–Crippen LogP) is 1.31. The number of piperidine rings is 1. The maximum atomic E-state index is 11.8. The fourth-order valence-corrected chi connectivity index (χ4v) is 2.81. The Morgan fingerprint density at radius 1 is 1.23 bits per heavy atom. The SMILES string of the molecule is O=C(Cn1cccn1)NCC1CCN(c2ccncc2)CC1. The lowest BCUT2D eigenvalue weighted by Gasteiger charge is -2.33. The molecule has 0 saturated carbocycles. The van der Waals surface area contributed by atoms with Crippen LogP contribution in [0.5, 0.6) is 0 Å². The van der Waals surface area contributed by atoms with Gasteiger partial charge in [0.25, 0.3) is 0 Å². The van der Waals surface area contributed by atoms with Gasteiger partial charge in [0.05, 0.1) is 0 Å². The average molecular weight is 299 g/mol. The first-order valence-corrected chi connectivity index (χ1v) is 7.70. The highest BCUT2D eigenvalue weighted by Crippen LogP contribution is 2.22. The summed E-state index contributed by atoms with van der Waals surface area (Å²) in [4.78, 5) is 18.3. The summed E-state index contributed by atoms with van der Waals surface area (Å²) in [6, 6.07) is 5.92. The molecule has 6 heteroatoms. The molecule has 3 rings (SSSR count). The van der Waals surface area contributed by atoms with Gasteiger partial charge in [-0.15, -0.1) is 0 Å². The quantitative estimate of drug-likeness (QED) is 0.904. The number of hydrogen-bond acceptors (Lipinski definition) is 4. The van der Waals surface area contributed by atoms with Gasteiger partial charge < -0.3 is 10.2 Å². The van der Waals surface area contributed by atoms with Crippen molar-refractivity contribution in [1.29, 1.82) is 0 Å². The minimum Gasteiger partial charge on any atom is -0.371 e. The Morgan fingerprint density at radius 2 is 2.00 bits per heavy atom. The Bertz CT molecular complexity index is 576. The first-order valence-electron chi connectivity index (χ1n) is 7.70. The molecule has 2 aromatic rings. The fourth-order valence-electron chi connectivity index (χ4n) is 2.81. The van der Waals surface area contributed by atoms with E-state index in [1.165, 1.54) is 5.69 Å². The fraction of sp³-hybridized carbons (Fsp3) is 0.438. The van der Waals surface area contributed by atoms with Crippen LogP contribution in [-0.2, 0) is 11.3 Å². The number of amides is 1. The summed E-state index contributed by atoms with van der Waals surface area (Å²) in [5.74, 6) is 0.583. The molecule has 0 bridgehead atoms. The first kappa shape index (κ1) is 14.6. The van der Waals surface area contributed by atoms with Crippen LogP contribution in [0.1, 0.15) is 12.8 Å². The summed E-state index contributed by atoms with van der Waals surface area (Å²) in [6.07, 6.45) is 9.34. The van der Waals surface area contributed by atoms with Gasteiger partial charge in [-0.25, -0.2) is 0 Å². The second kappa shape index (κ2) is 7.06. The van der Waals surface area contributed by atoms with Crippen LogP contribution in [0.2, 0.25) is 0 Å². The van der Waals surface area contributed by atoms with E-state index in [-0.39, 0.29) is 5.91 Å². The van der Waals surface area contributed by atoms with Crippen molar-refractivity contribution in [3.63, 3.8) is 0 Å². The van der Waals surface area contributed by atoms with E-state index in [0.717, 1.165) is 32.5 Å². The molecular weight excluding hydrogens is 278 g/mol. The highest BCUT2D eigenvalue weighted by molar-refractivity contribution is 5.75. The van der Waals surface area contributed by atoms with Crippen molar-refractivity contribution in [3.05, 3.63) is 43.0 Å². The maximum absolute atomic E-state index is 11.8. The minimum atomic E-state index is 0.0280. The molecule has 22 heavy (non-hydrogen) atoms.